The Kier molecular flexibility index (Phi) is 9.11. The molecule has 2 aromatic heterocycles. The van der Waals surface area contributed by atoms with E-state index in [0.29, 0.717) is 45.0 Å². The van der Waals surface area contributed by atoms with Crippen LogP contribution in [-0.2, 0) is 13.1 Å². The average Bonchev–Trinajstić information content (AvgIpc) is 3.87. The van der Waals surface area contributed by atoms with Gasteiger partial charge in [-0.2, -0.15) is 0 Å². The summed E-state index contributed by atoms with van der Waals surface area (Å²) >= 11 is 0. The summed E-state index contributed by atoms with van der Waals surface area (Å²) in [4.78, 5) is 56.6. The number of benzene rings is 2. The molecule has 2 aromatic carbocycles. The van der Waals surface area contributed by atoms with Crippen LogP contribution in [0, 0.1) is 25.5 Å². The van der Waals surface area contributed by atoms with Crippen LogP contribution in [0.2, 0.25) is 0 Å². The fourth-order valence-corrected chi connectivity index (χ4v) is 6.19. The Hall–Kier alpha value is -4.62. The second kappa shape index (κ2) is 13.2. The summed E-state index contributed by atoms with van der Waals surface area (Å²) in [5, 5.41) is 12.3. The standard InChI is InChI=1S/C34H38F2N6O5/c1-20-5-6-22(15-21(20)2)37-28-17-29(43)41(34(47)38-28)10-4-3-9-39-11-13-40(14-12-39)18-25-27(35)16-24-31(30(25)36)42(23-7-8-23)19-26(32(24)44)33(45)46/h5-6,15-17,19,23,37H,3-4,7-14,18H2,1-2H3,(H,38,47)(H,45,46). The van der Waals surface area contributed by atoms with Crippen molar-refractivity contribution in [1.29, 1.82) is 0 Å². The molecule has 47 heavy (non-hydrogen) atoms. The summed E-state index contributed by atoms with van der Waals surface area (Å²) in [5.41, 5.74) is 0.625. The Morgan fingerprint density at radius 1 is 0.957 bits per heavy atom. The Morgan fingerprint density at radius 3 is 2.32 bits per heavy atom. The molecule has 248 valence electrons. The number of anilines is 2. The van der Waals surface area contributed by atoms with Gasteiger partial charge in [0.1, 0.15) is 17.2 Å². The highest BCUT2D eigenvalue weighted by molar-refractivity contribution is 5.93. The van der Waals surface area contributed by atoms with Gasteiger partial charge in [-0.25, -0.2) is 18.4 Å². The van der Waals surface area contributed by atoms with Gasteiger partial charge in [-0.05, 0) is 75.4 Å². The summed E-state index contributed by atoms with van der Waals surface area (Å²) in [6.07, 6.45) is 4.04. The van der Waals surface area contributed by atoms with Crippen LogP contribution in [0.5, 0.6) is 0 Å². The van der Waals surface area contributed by atoms with Crippen molar-refractivity contribution >= 4 is 28.4 Å². The van der Waals surface area contributed by atoms with E-state index in [1.54, 1.807) is 0 Å². The van der Waals surface area contributed by atoms with Crippen molar-refractivity contribution in [2.45, 2.75) is 58.7 Å². The third kappa shape index (κ3) is 6.91. The molecule has 2 aliphatic rings. The minimum absolute atomic E-state index is 0.0288. The number of aromatic carboxylic acids is 1. The van der Waals surface area contributed by atoms with E-state index in [1.165, 1.54) is 21.4 Å². The third-order valence-electron chi connectivity index (χ3n) is 9.23. The highest BCUT2D eigenvalue weighted by Gasteiger charge is 2.30. The molecule has 0 atom stereocenters. The lowest BCUT2D eigenvalue weighted by molar-refractivity contribution is 0.0694. The van der Waals surface area contributed by atoms with Gasteiger partial charge in [0.15, 0.2) is 5.82 Å². The Balaban J connectivity index is 1.02. The monoisotopic (exact) mass is 648 g/mol. The van der Waals surface area contributed by atoms with Crippen LogP contribution in [0.1, 0.15) is 58.8 Å². The molecule has 1 aliphatic heterocycles. The van der Waals surface area contributed by atoms with Crippen LogP contribution in [0.3, 0.4) is 0 Å². The molecule has 1 aliphatic carbocycles. The zero-order chi connectivity index (χ0) is 33.4. The molecular formula is C34H38F2N6O5. The second-order valence-corrected chi connectivity index (χ2v) is 12.6. The summed E-state index contributed by atoms with van der Waals surface area (Å²) in [6, 6.07) is 8.05. The van der Waals surface area contributed by atoms with Crippen LogP contribution >= 0.6 is 0 Å². The number of nitrogens with zero attached hydrogens (tertiary/aromatic N) is 4. The molecule has 6 rings (SSSR count). The second-order valence-electron chi connectivity index (χ2n) is 12.6. The van der Waals surface area contributed by atoms with Crippen LogP contribution < -0.4 is 22.0 Å². The number of carboxylic acid groups (broad SMARTS) is 1. The van der Waals surface area contributed by atoms with Gasteiger partial charge in [-0.3, -0.25) is 24.0 Å². The van der Waals surface area contributed by atoms with E-state index in [4.69, 9.17) is 0 Å². The van der Waals surface area contributed by atoms with Crippen molar-refractivity contribution in [2.75, 3.05) is 38.0 Å². The number of fused-ring (bicyclic) bond motifs is 1. The number of aromatic amines is 1. The Bertz CT molecular complexity index is 1990. The highest BCUT2D eigenvalue weighted by Crippen LogP contribution is 2.38. The van der Waals surface area contributed by atoms with Crippen LogP contribution in [0.15, 0.2) is 50.9 Å². The molecule has 1 saturated heterocycles. The number of halogens is 2. The smallest absolute Gasteiger partial charge is 0.341 e. The van der Waals surface area contributed by atoms with Crippen LogP contribution in [-0.4, -0.2) is 67.7 Å². The maximum absolute atomic E-state index is 15.8. The number of unbranched alkanes of at least 4 members (excludes halogenated alkanes) is 1. The van der Waals surface area contributed by atoms with E-state index >= 15 is 8.78 Å². The first-order valence-corrected chi connectivity index (χ1v) is 15.9. The third-order valence-corrected chi connectivity index (χ3v) is 9.23. The molecule has 1 saturated carbocycles. The topological polar surface area (TPSA) is 133 Å². The summed E-state index contributed by atoms with van der Waals surface area (Å²) in [7, 11) is 0. The molecule has 0 radical (unpaired) electrons. The minimum atomic E-state index is -1.42. The van der Waals surface area contributed by atoms with Gasteiger partial charge < -0.3 is 19.9 Å². The van der Waals surface area contributed by atoms with Gasteiger partial charge in [0.05, 0.1) is 10.9 Å². The van der Waals surface area contributed by atoms with E-state index in [2.05, 4.69) is 15.2 Å². The highest BCUT2D eigenvalue weighted by atomic mass is 19.1. The molecule has 0 unspecified atom stereocenters. The number of hydrogen-bond acceptors (Lipinski definition) is 7. The minimum Gasteiger partial charge on any atom is -0.477 e. The summed E-state index contributed by atoms with van der Waals surface area (Å²) < 4.78 is 33.7. The number of piperazine rings is 1. The number of H-pyrrole nitrogens is 1. The molecule has 4 aromatic rings. The van der Waals surface area contributed by atoms with Gasteiger partial charge in [0, 0.05) is 68.8 Å². The number of hydrogen-bond donors (Lipinski definition) is 3. The predicted octanol–water partition coefficient (Wildman–Crippen LogP) is 4.12. The summed E-state index contributed by atoms with van der Waals surface area (Å²) in [6.45, 7) is 7.61. The van der Waals surface area contributed by atoms with E-state index in [-0.39, 0.29) is 34.6 Å². The first kappa shape index (κ1) is 32.3. The molecule has 11 nitrogen and oxygen atoms in total. The lowest BCUT2D eigenvalue weighted by Gasteiger charge is -2.35. The maximum Gasteiger partial charge on any atom is 0.341 e. The molecule has 2 fully saturated rings. The van der Waals surface area contributed by atoms with Crippen LogP contribution in [0.25, 0.3) is 10.9 Å². The van der Waals surface area contributed by atoms with Crippen molar-refractivity contribution in [3.05, 3.63) is 101 Å². The Labute approximate surface area is 269 Å². The quantitative estimate of drug-likeness (QED) is 0.207. The molecular weight excluding hydrogens is 610 g/mol. The lowest BCUT2D eigenvalue weighted by Crippen LogP contribution is -2.46. The van der Waals surface area contributed by atoms with Crippen molar-refractivity contribution in [1.82, 2.24) is 23.9 Å². The van der Waals surface area contributed by atoms with E-state index < -0.39 is 34.3 Å². The molecule has 0 amide bonds. The lowest BCUT2D eigenvalue weighted by atomic mass is 10.1. The van der Waals surface area contributed by atoms with Crippen molar-refractivity contribution in [3.8, 4) is 0 Å². The number of carboxylic acids is 1. The van der Waals surface area contributed by atoms with Gasteiger partial charge in [-0.15, -0.1) is 0 Å². The fraction of sp³-hybridized carbons (Fsp3) is 0.412. The Morgan fingerprint density at radius 2 is 1.66 bits per heavy atom. The molecule has 13 heteroatoms. The molecule has 0 spiro atoms. The van der Waals surface area contributed by atoms with Gasteiger partial charge >= 0.3 is 11.7 Å². The largest absolute Gasteiger partial charge is 0.477 e. The normalized spacial score (nSPS) is 15.7. The van der Waals surface area contributed by atoms with Crippen LogP contribution in [0.4, 0.5) is 20.3 Å². The van der Waals surface area contributed by atoms with Crippen molar-refractivity contribution in [2.24, 2.45) is 0 Å². The van der Waals surface area contributed by atoms with Gasteiger partial charge in [-0.1, -0.05) is 6.07 Å². The summed E-state index contributed by atoms with van der Waals surface area (Å²) in [5.74, 6) is -2.76. The van der Waals surface area contributed by atoms with E-state index in [9.17, 15) is 24.3 Å². The number of rotatable bonds is 11. The van der Waals surface area contributed by atoms with Crippen molar-refractivity contribution in [3.63, 3.8) is 0 Å². The number of carbonyl (C=O) groups is 1. The predicted molar refractivity (Wildman–Crippen MR) is 175 cm³/mol. The maximum atomic E-state index is 15.8. The van der Waals surface area contributed by atoms with E-state index in [1.807, 2.05) is 36.9 Å². The number of pyridine rings is 1. The van der Waals surface area contributed by atoms with Gasteiger partial charge in [0.2, 0.25) is 5.43 Å². The molecule has 3 heterocycles. The molecule has 0 bridgehead atoms. The van der Waals surface area contributed by atoms with E-state index in [0.717, 1.165) is 48.7 Å². The molecule has 3 N–H and O–H groups in total. The van der Waals surface area contributed by atoms with Gasteiger partial charge in [0.25, 0.3) is 5.56 Å². The first-order valence-electron chi connectivity index (χ1n) is 15.9. The van der Waals surface area contributed by atoms with Crippen molar-refractivity contribution < 1.29 is 18.7 Å². The SMILES string of the molecule is Cc1ccc(Nc2cc(=O)n(CCCCN3CCN(Cc4c(F)cc5c(=O)c(C(=O)O)cn(C6CC6)c5c4F)CC3)c(=O)[nH]2)cc1C. The number of nitrogens with one attached hydrogen (secondary N) is 2. The number of aryl methyl sites for hydroxylation is 2. The zero-order valence-corrected chi connectivity index (χ0v) is 26.4. The average molecular weight is 649 g/mol. The zero-order valence-electron chi connectivity index (χ0n) is 26.4. The fourth-order valence-electron chi connectivity index (χ4n) is 6.19. The first-order chi connectivity index (χ1) is 22.5. The number of aromatic nitrogens is 3.